The van der Waals surface area contributed by atoms with Gasteiger partial charge in [-0.15, -0.1) is 5.06 Å². The van der Waals surface area contributed by atoms with Crippen molar-refractivity contribution in [2.75, 3.05) is 103 Å². The summed E-state index contributed by atoms with van der Waals surface area (Å²) in [6.45, 7) is 12.3. The Morgan fingerprint density at radius 2 is 1.36 bits per heavy atom. The molecule has 1 aliphatic carbocycles. The summed E-state index contributed by atoms with van der Waals surface area (Å²) < 4.78 is 143. The highest BCUT2D eigenvalue weighted by molar-refractivity contribution is 7.86. The molecule has 77 heavy (non-hydrogen) atoms. The van der Waals surface area contributed by atoms with Crippen LogP contribution in [-0.2, 0) is 84.1 Å². The monoisotopic (exact) mass is 1140 g/mol. The number of ether oxygens (including phenoxy) is 5. The minimum Gasteiger partial charge on any atom is -0.748 e. The van der Waals surface area contributed by atoms with E-state index in [0.29, 0.717) is 117 Å². The van der Waals surface area contributed by atoms with E-state index in [-0.39, 0.29) is 58.3 Å². The highest BCUT2D eigenvalue weighted by Crippen LogP contribution is 2.51. The fourth-order valence-electron chi connectivity index (χ4n) is 9.02. The predicted octanol–water partition coefficient (Wildman–Crippen LogP) is 4.17. The van der Waals surface area contributed by atoms with Gasteiger partial charge in [-0.25, -0.2) is 34.6 Å². The van der Waals surface area contributed by atoms with Gasteiger partial charge < -0.3 is 51.5 Å². The van der Waals surface area contributed by atoms with E-state index in [4.69, 9.17) is 32.9 Å². The first-order valence-electron chi connectivity index (χ1n) is 25.5. The molecule has 22 nitrogen and oxygen atoms in total. The molecule has 1 fully saturated rings. The molecule has 4 aliphatic rings. The average Bonchev–Trinajstić information content (AvgIpc) is 3.78. The number of amides is 2. The molecule has 0 bridgehead atoms. The van der Waals surface area contributed by atoms with Crippen molar-refractivity contribution in [3.05, 3.63) is 82.6 Å². The molecular formula is C52H71N3O19S3-2. The predicted molar refractivity (Wildman–Crippen MR) is 279 cm³/mol. The Bertz CT molecular complexity index is 2930. The van der Waals surface area contributed by atoms with E-state index in [1.165, 1.54) is 18.2 Å². The highest BCUT2D eigenvalue weighted by Gasteiger charge is 2.43. The van der Waals surface area contributed by atoms with Gasteiger partial charge in [-0.05, 0) is 91.6 Å². The molecule has 1 unspecified atom stereocenters. The fraction of sp³-hybridized carbons (Fsp3) is 0.577. The second-order valence-electron chi connectivity index (χ2n) is 19.8. The number of hydrogen-bond acceptors (Lipinski definition) is 20. The molecular weight excluding hydrogens is 1070 g/mol. The van der Waals surface area contributed by atoms with Crippen molar-refractivity contribution < 1.29 is 86.2 Å². The molecule has 2 amide bonds. The summed E-state index contributed by atoms with van der Waals surface area (Å²) in [6, 6.07) is 11.5. The van der Waals surface area contributed by atoms with Crippen molar-refractivity contribution in [2.45, 2.75) is 101 Å². The molecule has 25 heteroatoms. The second kappa shape index (κ2) is 28.8. The molecule has 3 aliphatic heterocycles. The van der Waals surface area contributed by atoms with Crippen LogP contribution in [0.4, 0.5) is 5.69 Å². The van der Waals surface area contributed by atoms with E-state index in [1.807, 2.05) is 54.5 Å². The van der Waals surface area contributed by atoms with E-state index in [2.05, 4.69) is 0 Å². The molecule has 3 heterocycles. The van der Waals surface area contributed by atoms with Gasteiger partial charge in [0.15, 0.2) is 6.54 Å². The van der Waals surface area contributed by atoms with Crippen LogP contribution in [0.15, 0.2) is 69.6 Å². The molecule has 0 saturated carbocycles. The Hall–Kier alpha value is -4.93. The Balaban J connectivity index is 1.43. The van der Waals surface area contributed by atoms with Gasteiger partial charge >= 0.3 is 5.97 Å². The minimum absolute atomic E-state index is 0.0386. The maximum Gasteiger partial charge on any atom is 0.333 e. The molecule has 1 aromatic rings. The third kappa shape index (κ3) is 19.7. The summed E-state index contributed by atoms with van der Waals surface area (Å²) in [5.41, 5.74) is 1.77. The quantitative estimate of drug-likeness (QED) is 0.0357. The van der Waals surface area contributed by atoms with E-state index in [0.717, 1.165) is 11.1 Å². The van der Waals surface area contributed by atoms with Crippen LogP contribution >= 0.6 is 0 Å². The van der Waals surface area contributed by atoms with Gasteiger partial charge in [0, 0.05) is 79.3 Å². The normalized spacial score (nSPS) is 17.4. The smallest absolute Gasteiger partial charge is 0.333 e. The number of carbonyl (C=O) groups excluding carboxylic acids is 3. The number of anilines is 1. The number of hydroxylamine groups is 2. The number of fused-ring (bicyclic) bond motifs is 2. The summed E-state index contributed by atoms with van der Waals surface area (Å²) in [5, 5.41) is 1.17. The van der Waals surface area contributed by atoms with Gasteiger partial charge in [0.25, 0.3) is 11.8 Å². The largest absolute Gasteiger partial charge is 0.748 e. The maximum absolute atomic E-state index is 12.5. The number of carbonyl (C=O) groups is 3. The van der Waals surface area contributed by atoms with Crippen LogP contribution in [-0.4, -0.2) is 159 Å². The van der Waals surface area contributed by atoms with E-state index in [1.54, 1.807) is 32.3 Å². The second-order valence-corrected chi connectivity index (χ2v) is 24.2. The molecule has 0 radical (unpaired) electrons. The minimum atomic E-state index is -4.93. The van der Waals surface area contributed by atoms with Crippen molar-refractivity contribution in [1.29, 1.82) is 0 Å². The first-order valence-corrected chi connectivity index (χ1v) is 30.0. The number of methoxy groups -OCH3 is 1. The summed E-state index contributed by atoms with van der Waals surface area (Å²) in [6.07, 6.45) is 6.36. The number of unbranched alkanes of at least 4 members (excludes halogenated alkanes) is 2. The third-order valence-electron chi connectivity index (χ3n) is 12.9. The lowest BCUT2D eigenvalue weighted by atomic mass is 9.77. The highest BCUT2D eigenvalue weighted by atomic mass is 32.2. The molecule has 1 aromatic carbocycles. The van der Waals surface area contributed by atoms with E-state index in [9.17, 15) is 53.3 Å². The molecule has 5 rings (SSSR count). The van der Waals surface area contributed by atoms with Crippen LogP contribution in [0.5, 0.6) is 0 Å². The van der Waals surface area contributed by atoms with Crippen LogP contribution in [0, 0.1) is 0 Å². The Kier molecular flexibility index (Phi) is 23.5. The Labute approximate surface area is 451 Å². The first-order chi connectivity index (χ1) is 36.3. The van der Waals surface area contributed by atoms with Gasteiger partial charge in [0.05, 0.1) is 84.1 Å². The van der Waals surface area contributed by atoms with Crippen LogP contribution in [0.1, 0.15) is 102 Å². The zero-order valence-corrected chi connectivity index (χ0v) is 46.8. The van der Waals surface area contributed by atoms with Crippen molar-refractivity contribution in [2.24, 2.45) is 0 Å². The lowest BCUT2D eigenvalue weighted by molar-refractivity contribution is -0.197. The first kappa shape index (κ1) is 62.9. The zero-order chi connectivity index (χ0) is 56.4. The van der Waals surface area contributed by atoms with Gasteiger partial charge in [-0.2, -0.15) is 0 Å². The number of imide groups is 1. The van der Waals surface area contributed by atoms with Crippen LogP contribution in [0.3, 0.4) is 0 Å². The lowest BCUT2D eigenvalue weighted by Crippen LogP contribution is -2.35. The number of nitrogens with zero attached hydrogens (tertiary/aromatic N) is 3. The SMILES string of the molecule is COCCOCCOCCOCCOCC[N+](CCCS(=O)(=O)[O-])=c1ccc2c(C(C)(C)C)cc(/C=C/C=C3/N(CCCCCC(=O)ON4C(=O)CCC4=O)c4ccc(S(=O)(=O)[O-])cc4C3(C)CCCS(=O)(=O)[O-])oc-2c1. The number of rotatable bonds is 33. The van der Waals surface area contributed by atoms with Crippen molar-refractivity contribution in [1.82, 2.24) is 9.64 Å². The topological polar surface area (TPSA) is 301 Å². The maximum atomic E-state index is 12.5. The van der Waals surface area contributed by atoms with Crippen molar-refractivity contribution in [3.8, 4) is 11.3 Å². The number of allylic oxidation sites excluding steroid dienone is 3. The molecule has 0 aromatic heterocycles. The average molecular weight is 1140 g/mol. The fourth-order valence-corrected chi connectivity index (χ4v) is 10.5. The lowest BCUT2D eigenvalue weighted by Gasteiger charge is -2.31. The van der Waals surface area contributed by atoms with E-state index >= 15 is 0 Å². The van der Waals surface area contributed by atoms with Crippen LogP contribution < -0.4 is 14.8 Å². The van der Waals surface area contributed by atoms with Gasteiger partial charge in [-0.3, -0.25) is 9.59 Å². The summed E-state index contributed by atoms with van der Waals surface area (Å²) >= 11 is 0. The van der Waals surface area contributed by atoms with E-state index < -0.39 is 75.4 Å². The zero-order valence-electron chi connectivity index (χ0n) is 44.4. The van der Waals surface area contributed by atoms with Gasteiger partial charge in [-0.1, -0.05) is 33.3 Å². The molecule has 0 spiro atoms. The molecule has 1 atom stereocenters. The Morgan fingerprint density at radius 3 is 1.96 bits per heavy atom. The molecule has 1 saturated heterocycles. The van der Waals surface area contributed by atoms with Crippen molar-refractivity contribution >= 4 is 59.9 Å². The van der Waals surface area contributed by atoms with Gasteiger partial charge in [0.2, 0.25) is 5.36 Å². The number of benzene rings is 2. The Morgan fingerprint density at radius 1 is 0.753 bits per heavy atom. The van der Waals surface area contributed by atoms with Gasteiger partial charge in [0.1, 0.15) is 34.8 Å². The standard InChI is InChI=1S/C52H73N3O19S3/c1-51(2,3)43-37-40(73-46-36-39(15-17-42(43)46)53(22-11-35-76(62,63)64)24-25-69-28-29-71-32-33-72-31-30-70-27-26-68-5)12-9-13-47-52(4,21-10-34-75(59,60)61)44-38-41(77(65,66)67)16-18-45(44)54(47)23-8-6-7-14-50(58)74-55-48(56)19-20-49(55)57/h9,12-13,15-18,36-38H,6-8,10-11,14,19-35H2,1-5H3,(H2-,59,60,61,62,63,64,65,66,67)/p-2. The third-order valence-corrected chi connectivity index (χ3v) is 15.3. The van der Waals surface area contributed by atoms with Crippen LogP contribution in [0.25, 0.3) is 17.4 Å². The summed E-state index contributed by atoms with van der Waals surface area (Å²) in [7, 11) is -12.4. The summed E-state index contributed by atoms with van der Waals surface area (Å²) in [4.78, 5) is 42.8. The van der Waals surface area contributed by atoms with Crippen LogP contribution in [0.2, 0.25) is 0 Å². The number of hydrogen-bond donors (Lipinski definition) is 0. The summed E-state index contributed by atoms with van der Waals surface area (Å²) in [5.74, 6) is -2.26. The molecule has 428 valence electrons. The van der Waals surface area contributed by atoms with Crippen molar-refractivity contribution in [3.63, 3.8) is 0 Å². The molecule has 0 N–H and O–H groups in total.